The second-order valence-corrected chi connectivity index (χ2v) is 2.53. The number of benzene rings is 1. The van der Waals surface area contributed by atoms with Crippen LogP contribution in [0.3, 0.4) is 0 Å². The van der Waals surface area contributed by atoms with Gasteiger partial charge in [-0.25, -0.2) is 0 Å². The van der Waals surface area contributed by atoms with Crippen LogP contribution in [0.25, 0.3) is 0 Å². The summed E-state index contributed by atoms with van der Waals surface area (Å²) in [6.45, 7) is 1.62. The van der Waals surface area contributed by atoms with Gasteiger partial charge in [0.15, 0.2) is 0 Å². The summed E-state index contributed by atoms with van der Waals surface area (Å²) in [4.78, 5) is 0. The molecule has 1 unspecified atom stereocenters. The van der Waals surface area contributed by atoms with E-state index in [1.165, 1.54) is 0 Å². The van der Waals surface area contributed by atoms with Gasteiger partial charge in [-0.15, -0.1) is 0 Å². The molecule has 2 nitrogen and oxygen atoms in total. The third-order valence-electron chi connectivity index (χ3n) is 1.38. The standard InChI is InChI=1S/C10H11NO/c1-8(12)6-7-9-4-2-3-5-10(9)11/h2-5,8,12H,11H2,1H3. The van der Waals surface area contributed by atoms with Gasteiger partial charge in [-0.1, -0.05) is 24.0 Å². The summed E-state index contributed by atoms with van der Waals surface area (Å²) in [5.74, 6) is 5.42. The van der Waals surface area contributed by atoms with Crippen molar-refractivity contribution in [2.45, 2.75) is 13.0 Å². The predicted octanol–water partition coefficient (Wildman–Crippen LogP) is 1.00. The van der Waals surface area contributed by atoms with Crippen molar-refractivity contribution in [3.05, 3.63) is 29.8 Å². The first-order valence-electron chi connectivity index (χ1n) is 3.74. The Balaban J connectivity index is 2.92. The lowest BCUT2D eigenvalue weighted by atomic mass is 10.2. The Hall–Kier alpha value is -1.46. The van der Waals surface area contributed by atoms with Gasteiger partial charge in [-0.2, -0.15) is 0 Å². The van der Waals surface area contributed by atoms with Crippen LogP contribution < -0.4 is 5.73 Å². The largest absolute Gasteiger partial charge is 0.398 e. The van der Waals surface area contributed by atoms with Crippen LogP contribution in [0.4, 0.5) is 5.69 Å². The number of rotatable bonds is 0. The average molecular weight is 161 g/mol. The summed E-state index contributed by atoms with van der Waals surface area (Å²) in [6, 6.07) is 7.32. The van der Waals surface area contributed by atoms with Crippen LogP contribution in [-0.4, -0.2) is 11.2 Å². The highest BCUT2D eigenvalue weighted by atomic mass is 16.3. The molecule has 0 fully saturated rings. The fourth-order valence-corrected chi connectivity index (χ4v) is 0.793. The van der Waals surface area contributed by atoms with E-state index in [0.29, 0.717) is 5.69 Å². The third-order valence-corrected chi connectivity index (χ3v) is 1.38. The molecule has 0 bridgehead atoms. The highest BCUT2D eigenvalue weighted by molar-refractivity contribution is 5.55. The molecule has 2 heteroatoms. The second-order valence-electron chi connectivity index (χ2n) is 2.53. The highest BCUT2D eigenvalue weighted by Gasteiger charge is 1.91. The number of aliphatic hydroxyl groups is 1. The average Bonchev–Trinajstić information content (AvgIpc) is 2.03. The molecule has 62 valence electrons. The molecule has 3 N–H and O–H groups in total. The van der Waals surface area contributed by atoms with Crippen LogP contribution in [0.15, 0.2) is 24.3 Å². The lowest BCUT2D eigenvalue weighted by Gasteiger charge is -1.95. The predicted molar refractivity (Wildman–Crippen MR) is 49.4 cm³/mol. The molecule has 1 aromatic rings. The van der Waals surface area contributed by atoms with Crippen LogP contribution in [0.5, 0.6) is 0 Å². The smallest absolute Gasteiger partial charge is 0.112 e. The van der Waals surface area contributed by atoms with E-state index in [-0.39, 0.29) is 0 Å². The van der Waals surface area contributed by atoms with E-state index in [1.807, 2.05) is 18.2 Å². The summed E-state index contributed by atoms with van der Waals surface area (Å²) in [5, 5.41) is 8.89. The first-order valence-corrected chi connectivity index (χ1v) is 3.74. The Bertz CT molecular complexity index is 320. The molecule has 0 amide bonds. The Kier molecular flexibility index (Phi) is 2.73. The van der Waals surface area contributed by atoms with Crippen molar-refractivity contribution < 1.29 is 5.11 Å². The lowest BCUT2D eigenvalue weighted by Crippen LogP contribution is -1.94. The minimum atomic E-state index is -0.607. The van der Waals surface area contributed by atoms with Gasteiger partial charge in [0.1, 0.15) is 6.10 Å². The van der Waals surface area contributed by atoms with Crippen LogP contribution in [-0.2, 0) is 0 Å². The fourth-order valence-electron chi connectivity index (χ4n) is 0.793. The number of hydrogen-bond acceptors (Lipinski definition) is 2. The molecule has 1 aromatic carbocycles. The maximum atomic E-state index is 8.89. The maximum absolute atomic E-state index is 8.89. The molecule has 0 saturated heterocycles. The van der Waals surface area contributed by atoms with E-state index in [4.69, 9.17) is 10.8 Å². The molecule has 1 atom stereocenters. The molecule has 0 spiro atoms. The summed E-state index contributed by atoms with van der Waals surface area (Å²) in [7, 11) is 0. The van der Waals surface area contributed by atoms with Crippen molar-refractivity contribution in [1.29, 1.82) is 0 Å². The summed E-state index contributed by atoms with van der Waals surface area (Å²) < 4.78 is 0. The second kappa shape index (κ2) is 3.80. The minimum absolute atomic E-state index is 0.607. The van der Waals surface area contributed by atoms with Crippen LogP contribution >= 0.6 is 0 Å². The molecule has 0 saturated carbocycles. The molecule has 0 aromatic heterocycles. The van der Waals surface area contributed by atoms with Gasteiger partial charge in [0.25, 0.3) is 0 Å². The summed E-state index contributed by atoms with van der Waals surface area (Å²) in [5.41, 5.74) is 7.03. The number of hydrogen-bond donors (Lipinski definition) is 2. The monoisotopic (exact) mass is 161 g/mol. The highest BCUT2D eigenvalue weighted by Crippen LogP contribution is 2.07. The quantitative estimate of drug-likeness (QED) is 0.440. The van der Waals surface area contributed by atoms with Crippen molar-refractivity contribution in [2.75, 3.05) is 5.73 Å². The van der Waals surface area contributed by atoms with E-state index in [2.05, 4.69) is 11.8 Å². The number of aliphatic hydroxyl groups excluding tert-OH is 1. The van der Waals surface area contributed by atoms with E-state index in [9.17, 15) is 0 Å². The van der Waals surface area contributed by atoms with Crippen molar-refractivity contribution in [2.24, 2.45) is 0 Å². The SMILES string of the molecule is CC(O)C#Cc1ccccc1N. The Morgan fingerprint density at radius 1 is 1.42 bits per heavy atom. The molecule has 0 aliphatic carbocycles. The molecule has 0 heterocycles. The third kappa shape index (κ3) is 2.30. The van der Waals surface area contributed by atoms with E-state index >= 15 is 0 Å². The number of anilines is 1. The first kappa shape index (κ1) is 8.63. The van der Waals surface area contributed by atoms with Gasteiger partial charge in [-0.05, 0) is 19.1 Å². The van der Waals surface area contributed by atoms with E-state index < -0.39 is 6.10 Å². The van der Waals surface area contributed by atoms with Crippen molar-refractivity contribution >= 4 is 5.69 Å². The van der Waals surface area contributed by atoms with E-state index in [1.54, 1.807) is 13.0 Å². The molecule has 0 aliphatic heterocycles. The molecule has 12 heavy (non-hydrogen) atoms. The molecule has 0 radical (unpaired) electrons. The zero-order chi connectivity index (χ0) is 8.97. The van der Waals surface area contributed by atoms with Crippen molar-refractivity contribution in [1.82, 2.24) is 0 Å². The normalized spacial score (nSPS) is 11.5. The maximum Gasteiger partial charge on any atom is 0.112 e. The van der Waals surface area contributed by atoms with Crippen LogP contribution in [0.2, 0.25) is 0 Å². The molecular formula is C10H11NO. The van der Waals surface area contributed by atoms with Gasteiger partial charge < -0.3 is 10.8 Å². The van der Waals surface area contributed by atoms with E-state index in [0.717, 1.165) is 5.56 Å². The summed E-state index contributed by atoms with van der Waals surface area (Å²) in [6.07, 6.45) is -0.607. The molecular weight excluding hydrogens is 150 g/mol. The number of nitrogen functional groups attached to an aromatic ring is 1. The topological polar surface area (TPSA) is 46.2 Å². The van der Waals surface area contributed by atoms with Crippen LogP contribution in [0.1, 0.15) is 12.5 Å². The zero-order valence-corrected chi connectivity index (χ0v) is 6.91. The molecule has 0 aliphatic rings. The Labute approximate surface area is 72.0 Å². The zero-order valence-electron chi connectivity index (χ0n) is 6.91. The van der Waals surface area contributed by atoms with Gasteiger partial charge in [0.05, 0.1) is 0 Å². The van der Waals surface area contributed by atoms with Crippen molar-refractivity contribution in [3.63, 3.8) is 0 Å². The van der Waals surface area contributed by atoms with Gasteiger partial charge in [-0.3, -0.25) is 0 Å². The summed E-state index contributed by atoms with van der Waals surface area (Å²) >= 11 is 0. The van der Waals surface area contributed by atoms with Gasteiger partial charge in [0.2, 0.25) is 0 Å². The Morgan fingerprint density at radius 3 is 2.67 bits per heavy atom. The van der Waals surface area contributed by atoms with Gasteiger partial charge in [0, 0.05) is 11.3 Å². The minimum Gasteiger partial charge on any atom is -0.398 e. The van der Waals surface area contributed by atoms with Crippen molar-refractivity contribution in [3.8, 4) is 11.8 Å². The fraction of sp³-hybridized carbons (Fsp3) is 0.200. The Morgan fingerprint density at radius 2 is 2.08 bits per heavy atom. The molecule has 1 rings (SSSR count). The number of nitrogens with two attached hydrogens (primary N) is 1. The van der Waals surface area contributed by atoms with Crippen LogP contribution in [0, 0.1) is 11.8 Å². The lowest BCUT2D eigenvalue weighted by molar-refractivity contribution is 0.253. The number of para-hydroxylation sites is 1. The first-order chi connectivity index (χ1) is 5.70. The van der Waals surface area contributed by atoms with Gasteiger partial charge >= 0.3 is 0 Å².